The number of aromatic hydroxyl groups is 1. The number of aliphatic hydroxyl groups excluding tert-OH is 1. The van der Waals surface area contributed by atoms with E-state index in [0.29, 0.717) is 29.9 Å². The molecule has 0 aromatic heterocycles. The summed E-state index contributed by atoms with van der Waals surface area (Å²) in [5.41, 5.74) is 3.76. The molecule has 0 fully saturated rings. The number of phenols is 1. The number of carbonyl (C=O) groups excluding carboxylic acids is 3. The Morgan fingerprint density at radius 3 is 1.79 bits per heavy atom. The number of aliphatic hydroxyl groups is 1. The summed E-state index contributed by atoms with van der Waals surface area (Å²) >= 11 is 0. The van der Waals surface area contributed by atoms with Crippen molar-refractivity contribution < 1.29 is 34.1 Å². The monoisotopic (exact) mass is 522 g/mol. The molecule has 3 rings (SSSR count). The first-order chi connectivity index (χ1) is 18.3. The fourth-order valence-electron chi connectivity index (χ4n) is 3.79. The van der Waals surface area contributed by atoms with Gasteiger partial charge in [0.25, 0.3) is 0 Å². The summed E-state index contributed by atoms with van der Waals surface area (Å²) in [5, 5.41) is 31.4. The van der Waals surface area contributed by atoms with Gasteiger partial charge in [0.05, 0.1) is 26.0 Å². The Morgan fingerprint density at radius 2 is 1.32 bits per heavy atom. The van der Waals surface area contributed by atoms with Gasteiger partial charge in [0.2, 0.25) is 6.41 Å². The number of ether oxygens (including phenoxy) is 2. The third-order valence-corrected chi connectivity index (χ3v) is 5.80. The lowest BCUT2D eigenvalue weighted by molar-refractivity contribution is -0.105. The lowest BCUT2D eigenvalue weighted by Gasteiger charge is -2.21. The fraction of sp³-hybridized carbons (Fsp3) is 0.222. The summed E-state index contributed by atoms with van der Waals surface area (Å²) in [4.78, 5) is 33.8. The first-order valence-corrected chi connectivity index (χ1v) is 11.7. The van der Waals surface area contributed by atoms with E-state index in [1.54, 1.807) is 30.3 Å². The number of carbonyl (C=O) groups is 3. The molecule has 0 spiro atoms. The molecule has 0 bridgehead atoms. The predicted octanol–water partition coefficient (Wildman–Crippen LogP) is 3.77. The first kappa shape index (κ1) is 28.0. The van der Waals surface area contributed by atoms with Crippen LogP contribution in [0.4, 0.5) is 26.7 Å². The summed E-state index contributed by atoms with van der Waals surface area (Å²) in [6.07, 6.45) is -1.59. The van der Waals surface area contributed by atoms with Crippen LogP contribution in [0.1, 0.15) is 28.7 Å². The SMILES string of the molecule is COC(=O)Nc1ccc(C(CNCC(O)c2ccc(O)c(NC=O)c2)c2ccc(NC(=O)OC)cc2)cc1. The topological polar surface area (TPSA) is 158 Å². The molecular formula is C27H30N4O7. The largest absolute Gasteiger partial charge is 0.506 e. The average molecular weight is 523 g/mol. The van der Waals surface area contributed by atoms with Crippen molar-refractivity contribution in [2.24, 2.45) is 0 Å². The van der Waals surface area contributed by atoms with Gasteiger partial charge in [-0.3, -0.25) is 15.4 Å². The van der Waals surface area contributed by atoms with Crippen molar-refractivity contribution in [3.8, 4) is 5.75 Å². The summed E-state index contributed by atoms with van der Waals surface area (Å²) in [7, 11) is 2.58. The van der Waals surface area contributed by atoms with Crippen LogP contribution in [0.15, 0.2) is 66.7 Å². The van der Waals surface area contributed by atoms with Gasteiger partial charge in [-0.05, 0) is 53.1 Å². The van der Waals surface area contributed by atoms with Crippen LogP contribution in [0.5, 0.6) is 5.75 Å². The van der Waals surface area contributed by atoms with Crippen LogP contribution in [0, 0.1) is 0 Å². The summed E-state index contributed by atoms with van der Waals surface area (Å²) in [6.45, 7) is 0.647. The third-order valence-electron chi connectivity index (χ3n) is 5.80. The van der Waals surface area contributed by atoms with Gasteiger partial charge in [-0.15, -0.1) is 0 Å². The van der Waals surface area contributed by atoms with Crippen molar-refractivity contribution in [2.75, 3.05) is 43.3 Å². The molecule has 1 atom stereocenters. The Balaban J connectivity index is 1.76. The molecule has 0 saturated carbocycles. The molecule has 6 N–H and O–H groups in total. The molecule has 3 aromatic rings. The number of rotatable bonds is 11. The first-order valence-electron chi connectivity index (χ1n) is 11.7. The second-order valence-corrected chi connectivity index (χ2v) is 8.24. The number of nitrogens with one attached hydrogen (secondary N) is 4. The molecule has 3 aromatic carbocycles. The van der Waals surface area contributed by atoms with E-state index in [0.717, 1.165) is 11.1 Å². The van der Waals surface area contributed by atoms with E-state index >= 15 is 0 Å². The maximum atomic E-state index is 11.5. The van der Waals surface area contributed by atoms with Crippen molar-refractivity contribution in [1.29, 1.82) is 0 Å². The van der Waals surface area contributed by atoms with Crippen LogP contribution in [0.3, 0.4) is 0 Å². The van der Waals surface area contributed by atoms with Gasteiger partial charge in [0.15, 0.2) is 0 Å². The van der Waals surface area contributed by atoms with Gasteiger partial charge < -0.3 is 30.3 Å². The zero-order valence-electron chi connectivity index (χ0n) is 20.9. The molecule has 0 aliphatic carbocycles. The highest BCUT2D eigenvalue weighted by Crippen LogP contribution is 2.28. The van der Waals surface area contributed by atoms with Gasteiger partial charge in [0.1, 0.15) is 5.75 Å². The second-order valence-electron chi connectivity index (χ2n) is 8.24. The van der Waals surface area contributed by atoms with Crippen LogP contribution >= 0.6 is 0 Å². The van der Waals surface area contributed by atoms with Gasteiger partial charge in [-0.2, -0.15) is 0 Å². The predicted molar refractivity (Wildman–Crippen MR) is 142 cm³/mol. The van der Waals surface area contributed by atoms with Crippen LogP contribution in [0.2, 0.25) is 0 Å². The fourth-order valence-corrected chi connectivity index (χ4v) is 3.79. The highest BCUT2D eigenvalue weighted by molar-refractivity contribution is 5.85. The van der Waals surface area contributed by atoms with E-state index in [4.69, 9.17) is 0 Å². The highest BCUT2D eigenvalue weighted by atomic mass is 16.5. The molecule has 200 valence electrons. The van der Waals surface area contributed by atoms with E-state index in [9.17, 15) is 24.6 Å². The van der Waals surface area contributed by atoms with E-state index < -0.39 is 18.3 Å². The van der Waals surface area contributed by atoms with Crippen molar-refractivity contribution in [1.82, 2.24) is 5.32 Å². The molecule has 38 heavy (non-hydrogen) atoms. The van der Waals surface area contributed by atoms with E-state index in [1.165, 1.54) is 26.4 Å². The molecule has 0 saturated heterocycles. The smallest absolute Gasteiger partial charge is 0.411 e. The number of benzene rings is 3. The maximum absolute atomic E-state index is 11.5. The minimum Gasteiger partial charge on any atom is -0.506 e. The van der Waals surface area contributed by atoms with Crippen molar-refractivity contribution in [2.45, 2.75) is 12.0 Å². The lowest BCUT2D eigenvalue weighted by atomic mass is 9.90. The number of anilines is 3. The third kappa shape index (κ3) is 7.69. The number of methoxy groups -OCH3 is 2. The van der Waals surface area contributed by atoms with Crippen LogP contribution < -0.4 is 21.3 Å². The van der Waals surface area contributed by atoms with Crippen LogP contribution in [-0.2, 0) is 14.3 Å². The quantitative estimate of drug-likeness (QED) is 0.164. The molecule has 11 nitrogen and oxygen atoms in total. The number of hydrogen-bond acceptors (Lipinski definition) is 8. The van der Waals surface area contributed by atoms with Gasteiger partial charge in [-0.25, -0.2) is 9.59 Å². The van der Waals surface area contributed by atoms with E-state index in [-0.39, 0.29) is 23.9 Å². The summed E-state index contributed by atoms with van der Waals surface area (Å²) in [5.74, 6) is -0.245. The Morgan fingerprint density at radius 1 is 0.816 bits per heavy atom. The zero-order chi connectivity index (χ0) is 27.5. The lowest BCUT2D eigenvalue weighted by Crippen LogP contribution is -2.27. The second kappa shape index (κ2) is 13.6. The molecule has 11 heteroatoms. The van der Waals surface area contributed by atoms with Gasteiger partial charge in [-0.1, -0.05) is 30.3 Å². The van der Waals surface area contributed by atoms with E-state index in [2.05, 4.69) is 30.7 Å². The number of hydrogen-bond donors (Lipinski definition) is 6. The van der Waals surface area contributed by atoms with Crippen molar-refractivity contribution >= 4 is 35.7 Å². The molecule has 0 aliphatic heterocycles. The normalized spacial score (nSPS) is 11.4. The minimum atomic E-state index is -0.901. The molecule has 0 heterocycles. The summed E-state index contributed by atoms with van der Waals surface area (Å²) in [6, 6.07) is 19.1. The average Bonchev–Trinajstić information content (AvgIpc) is 2.93. The minimum absolute atomic E-state index is 0.101. The molecule has 3 amide bonds. The number of amides is 3. The van der Waals surface area contributed by atoms with E-state index in [1.807, 2.05) is 24.3 Å². The van der Waals surface area contributed by atoms with Crippen LogP contribution in [-0.4, -0.2) is 56.1 Å². The Hall–Kier alpha value is -4.61. The molecular weight excluding hydrogens is 492 g/mol. The van der Waals surface area contributed by atoms with Crippen molar-refractivity contribution in [3.63, 3.8) is 0 Å². The van der Waals surface area contributed by atoms with Crippen molar-refractivity contribution in [3.05, 3.63) is 83.4 Å². The Labute approximate surface area is 219 Å². The maximum Gasteiger partial charge on any atom is 0.411 e. The Kier molecular flexibility index (Phi) is 10.0. The highest BCUT2D eigenvalue weighted by Gasteiger charge is 2.17. The molecule has 1 unspecified atom stereocenters. The Bertz CT molecular complexity index is 1170. The summed E-state index contributed by atoms with van der Waals surface area (Å²) < 4.78 is 9.26. The standard InChI is InChI=1S/C27H30N4O7/c1-37-26(35)30-20-8-3-17(4-9-20)22(18-5-10-21(11-6-18)31-27(36)38-2)14-28-15-25(34)19-7-12-24(33)23(13-19)29-16-32/h3-13,16,22,25,28,33-34H,14-15H2,1-2H3,(H,29,32)(H,30,35)(H,31,36). The van der Waals surface area contributed by atoms with Crippen LogP contribution in [0.25, 0.3) is 0 Å². The van der Waals surface area contributed by atoms with Gasteiger partial charge in [0, 0.05) is 30.4 Å². The van der Waals surface area contributed by atoms with Gasteiger partial charge >= 0.3 is 12.2 Å². The zero-order valence-corrected chi connectivity index (χ0v) is 20.9. The number of phenolic OH excluding ortho intramolecular Hbond substituents is 1. The molecule has 0 radical (unpaired) electrons. The molecule has 0 aliphatic rings.